The maximum Gasteiger partial charge on any atom is 0.221 e. The van der Waals surface area contributed by atoms with Crippen molar-refractivity contribution in [2.45, 2.75) is 6.92 Å². The van der Waals surface area contributed by atoms with Crippen LogP contribution in [0.4, 0.5) is 11.4 Å². The number of nitrogens with one attached hydrogen (secondary N) is 2. The second kappa shape index (κ2) is 8.77. The van der Waals surface area contributed by atoms with Gasteiger partial charge in [0, 0.05) is 24.5 Å². The first-order valence-corrected chi connectivity index (χ1v) is 8.00. The summed E-state index contributed by atoms with van der Waals surface area (Å²) in [7, 11) is 0. The Morgan fingerprint density at radius 1 is 1.08 bits per heavy atom. The Morgan fingerprint density at radius 2 is 1.65 bits per heavy atom. The van der Waals surface area contributed by atoms with Crippen molar-refractivity contribution in [1.82, 2.24) is 0 Å². The molecular weight excluding hydrogens is 375 g/mol. The molecule has 8 heteroatoms. The van der Waals surface area contributed by atoms with Crippen molar-refractivity contribution >= 4 is 40.5 Å². The van der Waals surface area contributed by atoms with Crippen LogP contribution in [0.3, 0.4) is 0 Å². The highest BCUT2D eigenvalue weighted by molar-refractivity contribution is 6.37. The van der Waals surface area contributed by atoms with Crippen molar-refractivity contribution in [3.63, 3.8) is 0 Å². The van der Waals surface area contributed by atoms with E-state index in [-0.39, 0.29) is 27.3 Å². The zero-order valence-electron chi connectivity index (χ0n) is 13.5. The predicted molar refractivity (Wildman–Crippen MR) is 100 cm³/mol. The zero-order chi connectivity index (χ0) is 19.1. The summed E-state index contributed by atoms with van der Waals surface area (Å²) in [6.07, 6.45) is 1.25. The molecule has 0 radical (unpaired) electrons. The number of hydrogen-bond donors (Lipinski definition) is 2. The Bertz CT molecular complexity index is 902. The average Bonchev–Trinajstić information content (AvgIpc) is 2.60. The van der Waals surface area contributed by atoms with E-state index in [4.69, 9.17) is 38.5 Å². The van der Waals surface area contributed by atoms with E-state index in [2.05, 4.69) is 10.6 Å². The molecule has 0 saturated carbocycles. The van der Waals surface area contributed by atoms with Crippen LogP contribution < -0.4 is 15.4 Å². The third-order valence-electron chi connectivity index (χ3n) is 3.02. The Balaban J connectivity index is 2.18. The molecule has 0 aliphatic carbocycles. The number of benzene rings is 2. The van der Waals surface area contributed by atoms with E-state index < -0.39 is 0 Å². The first-order chi connectivity index (χ1) is 12.4. The molecule has 2 N–H and O–H groups in total. The summed E-state index contributed by atoms with van der Waals surface area (Å²) < 4.78 is 5.70. The number of amides is 1. The minimum Gasteiger partial charge on any atom is -0.454 e. The van der Waals surface area contributed by atoms with Gasteiger partial charge in [-0.1, -0.05) is 23.2 Å². The minimum atomic E-state index is -0.169. The standard InChI is InChI=1S/C18H12Cl2N4O2/c1-11(25)24-13-2-4-15(5-3-13)26-18-16(19)6-14(7-17(18)20)23-10-12(8-21)9-22/h2-7,10,23H,1H3,(H,24,25). The van der Waals surface area contributed by atoms with Crippen LogP contribution in [0.25, 0.3) is 0 Å². The van der Waals surface area contributed by atoms with Crippen LogP contribution in [-0.2, 0) is 4.79 Å². The number of hydrogen-bond acceptors (Lipinski definition) is 5. The lowest BCUT2D eigenvalue weighted by Gasteiger charge is -2.12. The lowest BCUT2D eigenvalue weighted by molar-refractivity contribution is -0.114. The highest BCUT2D eigenvalue weighted by atomic mass is 35.5. The third-order valence-corrected chi connectivity index (χ3v) is 3.58. The maximum absolute atomic E-state index is 11.0. The zero-order valence-corrected chi connectivity index (χ0v) is 15.0. The number of carbonyl (C=O) groups is 1. The molecule has 0 heterocycles. The summed E-state index contributed by atoms with van der Waals surface area (Å²) in [4.78, 5) is 11.0. The molecule has 0 aliphatic heterocycles. The van der Waals surface area contributed by atoms with Gasteiger partial charge in [0.25, 0.3) is 0 Å². The van der Waals surface area contributed by atoms with Gasteiger partial charge in [0.1, 0.15) is 23.5 Å². The van der Waals surface area contributed by atoms with Gasteiger partial charge in [-0.2, -0.15) is 10.5 Å². The molecule has 0 saturated heterocycles. The van der Waals surface area contributed by atoms with Crippen molar-refractivity contribution in [3.05, 3.63) is 58.2 Å². The number of allylic oxidation sites excluding steroid dienone is 1. The predicted octanol–water partition coefficient (Wildman–Crippen LogP) is 5.09. The second-order valence-corrected chi connectivity index (χ2v) is 5.82. The van der Waals surface area contributed by atoms with Gasteiger partial charge in [0.15, 0.2) is 5.75 Å². The molecule has 0 atom stereocenters. The SMILES string of the molecule is CC(=O)Nc1ccc(Oc2c(Cl)cc(NC=C(C#N)C#N)cc2Cl)cc1. The van der Waals surface area contributed by atoms with E-state index in [1.807, 2.05) is 0 Å². The quantitative estimate of drug-likeness (QED) is 0.697. The highest BCUT2D eigenvalue weighted by Gasteiger charge is 2.11. The lowest BCUT2D eigenvalue weighted by Crippen LogP contribution is -2.05. The Kier molecular flexibility index (Phi) is 6.46. The van der Waals surface area contributed by atoms with Gasteiger partial charge in [-0.15, -0.1) is 0 Å². The molecule has 2 rings (SSSR count). The number of carbonyl (C=O) groups excluding carboxylic acids is 1. The Morgan fingerprint density at radius 3 is 2.15 bits per heavy atom. The van der Waals surface area contributed by atoms with Gasteiger partial charge in [0.05, 0.1) is 10.0 Å². The van der Waals surface area contributed by atoms with Gasteiger partial charge < -0.3 is 15.4 Å². The van der Waals surface area contributed by atoms with Crippen LogP contribution in [0.5, 0.6) is 11.5 Å². The molecule has 130 valence electrons. The molecule has 2 aromatic carbocycles. The number of ether oxygens (including phenoxy) is 1. The largest absolute Gasteiger partial charge is 0.454 e. The Hall–Kier alpha value is -3.19. The van der Waals surface area contributed by atoms with Crippen LogP contribution in [0.15, 0.2) is 48.2 Å². The fourth-order valence-corrected chi connectivity index (χ4v) is 2.48. The van der Waals surface area contributed by atoms with Crippen molar-refractivity contribution in [2.24, 2.45) is 0 Å². The monoisotopic (exact) mass is 386 g/mol. The maximum atomic E-state index is 11.0. The summed E-state index contributed by atoms with van der Waals surface area (Å²) in [5.41, 5.74) is 1.05. The molecule has 0 fully saturated rings. The molecule has 26 heavy (non-hydrogen) atoms. The molecule has 6 nitrogen and oxygen atoms in total. The highest BCUT2D eigenvalue weighted by Crippen LogP contribution is 2.39. The molecule has 0 aromatic heterocycles. The number of anilines is 2. The third kappa shape index (κ3) is 5.15. The topological polar surface area (TPSA) is 97.9 Å². The average molecular weight is 387 g/mol. The number of rotatable bonds is 5. The first-order valence-electron chi connectivity index (χ1n) is 7.24. The van der Waals surface area contributed by atoms with E-state index in [1.165, 1.54) is 13.1 Å². The summed E-state index contributed by atoms with van der Waals surface area (Å²) in [5, 5.41) is 23.3. The summed E-state index contributed by atoms with van der Waals surface area (Å²) in [5.74, 6) is 0.577. The molecule has 1 amide bonds. The van der Waals surface area contributed by atoms with E-state index in [0.717, 1.165) is 0 Å². The van der Waals surface area contributed by atoms with E-state index in [1.54, 1.807) is 48.5 Å². The summed E-state index contributed by atoms with van der Waals surface area (Å²) in [6.45, 7) is 1.42. The van der Waals surface area contributed by atoms with E-state index in [0.29, 0.717) is 17.1 Å². The molecule has 0 bridgehead atoms. The van der Waals surface area contributed by atoms with Gasteiger partial charge in [-0.25, -0.2) is 0 Å². The van der Waals surface area contributed by atoms with Gasteiger partial charge in [-0.3, -0.25) is 4.79 Å². The van der Waals surface area contributed by atoms with Crippen LogP contribution in [0.2, 0.25) is 10.0 Å². The van der Waals surface area contributed by atoms with E-state index >= 15 is 0 Å². The van der Waals surface area contributed by atoms with Crippen LogP contribution in [0.1, 0.15) is 6.92 Å². The Labute approximate surface area is 160 Å². The van der Waals surface area contributed by atoms with Crippen molar-refractivity contribution < 1.29 is 9.53 Å². The van der Waals surface area contributed by atoms with E-state index in [9.17, 15) is 4.79 Å². The number of nitrogens with zero attached hydrogens (tertiary/aromatic N) is 2. The smallest absolute Gasteiger partial charge is 0.221 e. The molecule has 0 unspecified atom stereocenters. The summed E-state index contributed by atoms with van der Waals surface area (Å²) in [6, 6.07) is 13.3. The fraction of sp³-hybridized carbons (Fsp3) is 0.0556. The minimum absolute atomic E-state index is 0.0863. The molecule has 0 spiro atoms. The molecular formula is C18H12Cl2N4O2. The summed E-state index contributed by atoms with van der Waals surface area (Å²) >= 11 is 12.4. The first kappa shape index (κ1) is 19.1. The van der Waals surface area contributed by atoms with Gasteiger partial charge in [0.2, 0.25) is 5.91 Å². The van der Waals surface area contributed by atoms with Crippen molar-refractivity contribution in [2.75, 3.05) is 10.6 Å². The second-order valence-electron chi connectivity index (χ2n) is 5.00. The fourth-order valence-electron chi connectivity index (χ4n) is 1.91. The normalized spacial score (nSPS) is 9.42. The molecule has 2 aromatic rings. The van der Waals surface area contributed by atoms with Crippen molar-refractivity contribution in [3.8, 4) is 23.6 Å². The van der Waals surface area contributed by atoms with Gasteiger partial charge >= 0.3 is 0 Å². The number of halogens is 2. The van der Waals surface area contributed by atoms with Gasteiger partial charge in [-0.05, 0) is 36.4 Å². The lowest BCUT2D eigenvalue weighted by atomic mass is 10.2. The van der Waals surface area contributed by atoms with Crippen LogP contribution in [-0.4, -0.2) is 5.91 Å². The molecule has 0 aliphatic rings. The van der Waals surface area contributed by atoms with Crippen LogP contribution >= 0.6 is 23.2 Å². The van der Waals surface area contributed by atoms with Crippen LogP contribution in [0, 0.1) is 22.7 Å². The number of nitriles is 2. The van der Waals surface area contributed by atoms with Crippen molar-refractivity contribution in [1.29, 1.82) is 10.5 Å².